The van der Waals surface area contributed by atoms with Crippen molar-refractivity contribution in [3.63, 3.8) is 0 Å². The Kier molecular flexibility index (Phi) is 7.97. The van der Waals surface area contributed by atoms with Crippen molar-refractivity contribution in [3.05, 3.63) is 71.8 Å². The predicted molar refractivity (Wildman–Crippen MR) is 111 cm³/mol. The predicted octanol–water partition coefficient (Wildman–Crippen LogP) is 2.38. The van der Waals surface area contributed by atoms with Gasteiger partial charge in [0.2, 0.25) is 6.29 Å². The molecule has 0 radical (unpaired) electrons. The van der Waals surface area contributed by atoms with Gasteiger partial charge in [-0.05, 0) is 24.3 Å². The van der Waals surface area contributed by atoms with Gasteiger partial charge in [0.1, 0.15) is 25.4 Å². The molecule has 8 heteroatoms. The van der Waals surface area contributed by atoms with Crippen molar-refractivity contribution in [2.24, 2.45) is 0 Å². The van der Waals surface area contributed by atoms with Crippen LogP contribution in [0.5, 0.6) is 0 Å². The number of rotatable bonds is 8. The van der Waals surface area contributed by atoms with Crippen LogP contribution in [0.25, 0.3) is 0 Å². The standard InChI is InChI=1S/C24H22O8/c1-3-14-28-20-19(15-29-22(26)17-10-6-4-7-11-17)31-24(30-16(2)25)21(20)32-23(27)18-12-8-5-9-13-18/h1,4-13,19-21,24H,14-15H2,2H3/t19-,20-,21-,24?/m1/s1. The number of hydrogen-bond acceptors (Lipinski definition) is 8. The van der Waals surface area contributed by atoms with Gasteiger partial charge < -0.3 is 23.7 Å². The van der Waals surface area contributed by atoms with E-state index in [-0.39, 0.29) is 13.2 Å². The van der Waals surface area contributed by atoms with E-state index in [4.69, 9.17) is 30.1 Å². The summed E-state index contributed by atoms with van der Waals surface area (Å²) >= 11 is 0. The summed E-state index contributed by atoms with van der Waals surface area (Å²) in [6, 6.07) is 16.7. The smallest absolute Gasteiger partial charge is 0.338 e. The third-order valence-electron chi connectivity index (χ3n) is 4.55. The monoisotopic (exact) mass is 438 g/mol. The topological polar surface area (TPSA) is 97.4 Å². The Bertz CT molecular complexity index is 966. The third kappa shape index (κ3) is 5.94. The summed E-state index contributed by atoms with van der Waals surface area (Å²) in [5.41, 5.74) is 0.652. The Morgan fingerprint density at radius 3 is 2.06 bits per heavy atom. The fraction of sp³-hybridized carbons (Fsp3) is 0.292. The fourth-order valence-corrected chi connectivity index (χ4v) is 3.14. The van der Waals surface area contributed by atoms with Crippen molar-refractivity contribution >= 4 is 17.9 Å². The zero-order chi connectivity index (χ0) is 22.9. The van der Waals surface area contributed by atoms with Crippen LogP contribution >= 0.6 is 0 Å². The molecule has 32 heavy (non-hydrogen) atoms. The van der Waals surface area contributed by atoms with Crippen LogP contribution in [0.15, 0.2) is 60.7 Å². The number of ether oxygens (including phenoxy) is 5. The largest absolute Gasteiger partial charge is 0.459 e. The first-order valence-electron chi connectivity index (χ1n) is 9.85. The van der Waals surface area contributed by atoms with Crippen molar-refractivity contribution in [3.8, 4) is 12.3 Å². The Hall–Kier alpha value is -3.67. The molecule has 0 aromatic heterocycles. The highest BCUT2D eigenvalue weighted by Gasteiger charge is 2.50. The number of carbonyl (C=O) groups excluding carboxylic acids is 3. The van der Waals surface area contributed by atoms with Crippen LogP contribution in [0.2, 0.25) is 0 Å². The lowest BCUT2D eigenvalue weighted by Gasteiger charge is -2.23. The molecule has 1 aliphatic rings. The minimum absolute atomic E-state index is 0.122. The van der Waals surface area contributed by atoms with Gasteiger partial charge in [0.15, 0.2) is 6.10 Å². The van der Waals surface area contributed by atoms with Crippen molar-refractivity contribution < 1.29 is 38.1 Å². The molecule has 2 aromatic rings. The van der Waals surface area contributed by atoms with Crippen LogP contribution in [0.3, 0.4) is 0 Å². The van der Waals surface area contributed by atoms with Gasteiger partial charge in [0, 0.05) is 6.92 Å². The molecule has 0 N–H and O–H groups in total. The summed E-state index contributed by atoms with van der Waals surface area (Å²) in [4.78, 5) is 36.5. The summed E-state index contributed by atoms with van der Waals surface area (Å²) in [6.07, 6.45) is 1.09. The molecule has 0 saturated carbocycles. The van der Waals surface area contributed by atoms with E-state index in [1.54, 1.807) is 60.7 Å². The highest BCUT2D eigenvalue weighted by molar-refractivity contribution is 5.90. The van der Waals surface area contributed by atoms with Crippen LogP contribution in [-0.4, -0.2) is 55.7 Å². The molecular formula is C24H22O8. The van der Waals surface area contributed by atoms with Crippen molar-refractivity contribution in [2.45, 2.75) is 31.5 Å². The number of terminal acetylenes is 1. The van der Waals surface area contributed by atoms with E-state index < -0.39 is 42.5 Å². The maximum atomic E-state index is 12.6. The quantitative estimate of drug-likeness (QED) is 0.352. The lowest BCUT2D eigenvalue weighted by atomic mass is 10.1. The average Bonchev–Trinajstić information content (AvgIpc) is 3.12. The molecule has 8 nitrogen and oxygen atoms in total. The van der Waals surface area contributed by atoms with Gasteiger partial charge in [-0.25, -0.2) is 9.59 Å². The Balaban J connectivity index is 1.76. The molecule has 1 heterocycles. The van der Waals surface area contributed by atoms with Crippen LogP contribution < -0.4 is 0 Å². The average molecular weight is 438 g/mol. The fourth-order valence-electron chi connectivity index (χ4n) is 3.14. The Morgan fingerprint density at radius 1 is 0.906 bits per heavy atom. The third-order valence-corrected chi connectivity index (χ3v) is 4.55. The second-order valence-electron chi connectivity index (χ2n) is 6.83. The number of esters is 3. The molecule has 0 spiro atoms. The number of hydrogen-bond donors (Lipinski definition) is 0. The van der Waals surface area contributed by atoms with E-state index in [0.717, 1.165) is 0 Å². The van der Waals surface area contributed by atoms with Crippen molar-refractivity contribution in [1.29, 1.82) is 0 Å². The molecule has 0 bridgehead atoms. The maximum Gasteiger partial charge on any atom is 0.338 e. The van der Waals surface area contributed by atoms with E-state index in [9.17, 15) is 14.4 Å². The first-order valence-corrected chi connectivity index (χ1v) is 9.85. The summed E-state index contributed by atoms with van der Waals surface area (Å²) in [7, 11) is 0. The van der Waals surface area contributed by atoms with Gasteiger partial charge in [0.05, 0.1) is 11.1 Å². The highest BCUT2D eigenvalue weighted by Crippen LogP contribution is 2.29. The van der Waals surface area contributed by atoms with E-state index in [1.165, 1.54) is 6.92 Å². The molecule has 4 atom stereocenters. The molecule has 1 aliphatic heterocycles. The minimum atomic E-state index is -1.26. The van der Waals surface area contributed by atoms with Gasteiger partial charge in [-0.2, -0.15) is 0 Å². The van der Waals surface area contributed by atoms with Gasteiger partial charge >= 0.3 is 17.9 Å². The molecule has 1 unspecified atom stereocenters. The lowest BCUT2D eigenvalue weighted by Crippen LogP contribution is -2.41. The molecule has 2 aromatic carbocycles. The molecular weight excluding hydrogens is 416 g/mol. The molecule has 0 amide bonds. The molecule has 166 valence electrons. The van der Waals surface area contributed by atoms with Crippen molar-refractivity contribution in [2.75, 3.05) is 13.2 Å². The van der Waals surface area contributed by atoms with E-state index >= 15 is 0 Å². The van der Waals surface area contributed by atoms with Gasteiger partial charge in [-0.1, -0.05) is 42.3 Å². The zero-order valence-electron chi connectivity index (χ0n) is 17.3. The first kappa shape index (κ1) is 23.0. The van der Waals surface area contributed by atoms with E-state index in [2.05, 4.69) is 5.92 Å². The Labute approximate surface area is 185 Å². The van der Waals surface area contributed by atoms with E-state index in [0.29, 0.717) is 11.1 Å². The summed E-state index contributed by atoms with van der Waals surface area (Å²) in [5, 5.41) is 0. The van der Waals surface area contributed by atoms with Gasteiger partial charge in [0.25, 0.3) is 0 Å². The van der Waals surface area contributed by atoms with Gasteiger partial charge in [-0.15, -0.1) is 6.42 Å². The lowest BCUT2D eigenvalue weighted by molar-refractivity contribution is -0.188. The molecule has 1 fully saturated rings. The maximum absolute atomic E-state index is 12.6. The number of benzene rings is 2. The first-order chi connectivity index (χ1) is 15.5. The van der Waals surface area contributed by atoms with Crippen LogP contribution in [0, 0.1) is 12.3 Å². The van der Waals surface area contributed by atoms with Crippen LogP contribution in [0.1, 0.15) is 27.6 Å². The second-order valence-corrected chi connectivity index (χ2v) is 6.83. The van der Waals surface area contributed by atoms with Crippen LogP contribution in [0.4, 0.5) is 0 Å². The normalized spacial score (nSPS) is 21.9. The SMILES string of the molecule is C#CCO[C@@H]1[C@@H](COC(=O)c2ccccc2)OC(OC(C)=O)[C@@H]1OC(=O)c1ccccc1. The van der Waals surface area contributed by atoms with Gasteiger partial charge in [-0.3, -0.25) is 4.79 Å². The summed E-state index contributed by atoms with van der Waals surface area (Å²) in [5.74, 6) is 0.458. The molecule has 3 rings (SSSR count). The van der Waals surface area contributed by atoms with Crippen molar-refractivity contribution in [1.82, 2.24) is 0 Å². The second kappa shape index (κ2) is 11.1. The highest BCUT2D eigenvalue weighted by atomic mass is 16.7. The summed E-state index contributed by atoms with van der Waals surface area (Å²) in [6.45, 7) is 0.836. The Morgan fingerprint density at radius 2 is 1.50 bits per heavy atom. The molecule has 0 aliphatic carbocycles. The summed E-state index contributed by atoms with van der Waals surface area (Å²) < 4.78 is 27.5. The minimum Gasteiger partial charge on any atom is -0.459 e. The van der Waals surface area contributed by atoms with E-state index in [1.807, 2.05) is 0 Å². The zero-order valence-corrected chi connectivity index (χ0v) is 17.3. The number of carbonyl (C=O) groups is 3. The molecule has 1 saturated heterocycles. The van der Waals surface area contributed by atoms with Crippen LogP contribution in [-0.2, 0) is 28.5 Å².